The lowest BCUT2D eigenvalue weighted by atomic mass is 9.99. The van der Waals surface area contributed by atoms with E-state index >= 15 is 0 Å². The Morgan fingerprint density at radius 1 is 1.03 bits per heavy atom. The zero-order chi connectivity index (χ0) is 26.3. The van der Waals surface area contributed by atoms with Gasteiger partial charge in [-0.25, -0.2) is 13.4 Å². The molecule has 2 aromatic carbocycles. The number of sulfonamides is 1. The highest BCUT2D eigenvalue weighted by Crippen LogP contribution is 2.35. The molecule has 3 aromatic rings. The third-order valence-corrected chi connectivity index (χ3v) is 7.89. The minimum Gasteiger partial charge on any atom is -0.507 e. The first-order valence-corrected chi connectivity index (χ1v) is 12.4. The van der Waals surface area contributed by atoms with Gasteiger partial charge < -0.3 is 15.7 Å². The number of nitrogens with two attached hydrogens (primary N) is 1. The molecule has 0 aliphatic carbocycles. The summed E-state index contributed by atoms with van der Waals surface area (Å²) < 4.78 is 66.9. The fraction of sp³-hybridized carbons (Fsp3) is 0.217. The second-order valence-electron chi connectivity index (χ2n) is 8.02. The molecule has 1 aliphatic rings. The van der Waals surface area contributed by atoms with E-state index in [0.29, 0.717) is 11.1 Å². The number of benzene rings is 2. The smallest absolute Gasteiger partial charge is 0.416 e. The molecule has 4 rings (SSSR count). The van der Waals surface area contributed by atoms with Crippen molar-refractivity contribution in [1.82, 2.24) is 9.29 Å². The number of phenols is 1. The van der Waals surface area contributed by atoms with Crippen LogP contribution >= 0.6 is 11.6 Å². The largest absolute Gasteiger partial charge is 0.507 e. The van der Waals surface area contributed by atoms with Gasteiger partial charge >= 0.3 is 6.18 Å². The minimum atomic E-state index is -4.60. The van der Waals surface area contributed by atoms with Crippen LogP contribution in [0.25, 0.3) is 11.1 Å². The van der Waals surface area contributed by atoms with E-state index in [1.165, 1.54) is 29.2 Å². The summed E-state index contributed by atoms with van der Waals surface area (Å²) >= 11 is 5.76. The average Bonchev–Trinajstić information content (AvgIpc) is 2.83. The van der Waals surface area contributed by atoms with Gasteiger partial charge in [-0.1, -0.05) is 35.9 Å². The van der Waals surface area contributed by atoms with Gasteiger partial charge in [0.05, 0.1) is 5.56 Å². The molecule has 1 saturated heterocycles. The van der Waals surface area contributed by atoms with E-state index in [2.05, 4.69) is 4.98 Å². The van der Waals surface area contributed by atoms with Gasteiger partial charge in [0.15, 0.2) is 0 Å². The molecule has 0 saturated carbocycles. The molecular formula is C23H20ClF3N4O4S. The molecule has 0 spiro atoms. The monoisotopic (exact) mass is 540 g/mol. The molecule has 1 aromatic heterocycles. The Morgan fingerprint density at radius 2 is 1.69 bits per heavy atom. The van der Waals surface area contributed by atoms with Gasteiger partial charge in [-0.05, 0) is 41.5 Å². The predicted molar refractivity (Wildman–Crippen MR) is 127 cm³/mol. The number of halogens is 4. The van der Waals surface area contributed by atoms with E-state index in [1.54, 1.807) is 18.2 Å². The lowest BCUT2D eigenvalue weighted by Gasteiger charge is -2.35. The van der Waals surface area contributed by atoms with Crippen LogP contribution in [-0.4, -0.2) is 54.9 Å². The van der Waals surface area contributed by atoms with Crippen molar-refractivity contribution < 1.29 is 31.5 Å². The molecule has 13 heteroatoms. The van der Waals surface area contributed by atoms with Crippen LogP contribution in [0.15, 0.2) is 59.5 Å². The van der Waals surface area contributed by atoms with Gasteiger partial charge in [-0.3, -0.25) is 4.79 Å². The highest BCUT2D eigenvalue weighted by molar-refractivity contribution is 7.89. The van der Waals surface area contributed by atoms with Crippen LogP contribution in [0.3, 0.4) is 0 Å². The molecule has 0 unspecified atom stereocenters. The normalized spacial score (nSPS) is 15.2. The summed E-state index contributed by atoms with van der Waals surface area (Å²) in [4.78, 5) is 16.8. The van der Waals surface area contributed by atoms with Gasteiger partial charge in [-0.15, -0.1) is 0 Å². The van der Waals surface area contributed by atoms with Crippen molar-refractivity contribution >= 4 is 33.3 Å². The Balaban J connectivity index is 1.54. The third-order valence-electron chi connectivity index (χ3n) is 5.75. The number of aromatic nitrogens is 1. The summed E-state index contributed by atoms with van der Waals surface area (Å²) in [6, 6.07) is 12.0. The molecule has 2 heterocycles. The van der Waals surface area contributed by atoms with E-state index in [-0.39, 0.29) is 47.6 Å². The first-order chi connectivity index (χ1) is 16.9. The number of nitrogens with zero attached hydrogens (tertiary/aromatic N) is 3. The van der Waals surface area contributed by atoms with Crippen LogP contribution in [0.2, 0.25) is 5.15 Å². The zero-order valence-corrected chi connectivity index (χ0v) is 20.1. The van der Waals surface area contributed by atoms with Crippen molar-refractivity contribution in [3.8, 4) is 16.9 Å². The molecule has 1 fully saturated rings. The fourth-order valence-electron chi connectivity index (χ4n) is 3.96. The van der Waals surface area contributed by atoms with Gasteiger partial charge in [0.2, 0.25) is 15.9 Å². The summed E-state index contributed by atoms with van der Waals surface area (Å²) in [5, 5.41) is 10.2. The Morgan fingerprint density at radius 3 is 2.31 bits per heavy atom. The Hall–Kier alpha value is -3.35. The topological polar surface area (TPSA) is 117 Å². The molecule has 1 amide bonds. The van der Waals surface area contributed by atoms with Crippen LogP contribution in [-0.2, 0) is 16.2 Å². The van der Waals surface area contributed by atoms with Crippen LogP contribution in [0.4, 0.5) is 19.0 Å². The number of primary amides is 1. The molecule has 190 valence electrons. The van der Waals surface area contributed by atoms with Crippen molar-refractivity contribution in [3.63, 3.8) is 0 Å². The van der Waals surface area contributed by atoms with Crippen LogP contribution in [0, 0.1) is 0 Å². The van der Waals surface area contributed by atoms with Gasteiger partial charge in [0, 0.05) is 31.7 Å². The average molecular weight is 541 g/mol. The number of alkyl halides is 3. The summed E-state index contributed by atoms with van der Waals surface area (Å²) in [6.45, 7) is 0.0244. The second-order valence-corrected chi connectivity index (χ2v) is 10.3. The van der Waals surface area contributed by atoms with Gasteiger partial charge in [0.25, 0.3) is 0 Å². The summed E-state index contributed by atoms with van der Waals surface area (Å²) in [6.07, 6.45) is -4.60. The lowest BCUT2D eigenvalue weighted by Crippen LogP contribution is -2.49. The third kappa shape index (κ3) is 5.11. The minimum absolute atomic E-state index is 0.00723. The SMILES string of the molecule is NC(=O)c1ccccc1-c1ccc(S(=O)(=O)N2CCN(c3cc(C(F)(F)F)cc(Cl)n3)CC2)c(O)c1. The van der Waals surface area contributed by atoms with Crippen molar-refractivity contribution in [2.75, 3.05) is 31.1 Å². The second kappa shape index (κ2) is 9.60. The van der Waals surface area contributed by atoms with E-state index in [9.17, 15) is 31.5 Å². The van der Waals surface area contributed by atoms with Crippen LogP contribution in [0.1, 0.15) is 15.9 Å². The van der Waals surface area contributed by atoms with E-state index in [4.69, 9.17) is 17.3 Å². The maximum absolute atomic E-state index is 13.2. The van der Waals surface area contributed by atoms with Crippen LogP contribution < -0.4 is 10.6 Å². The number of pyridine rings is 1. The highest BCUT2D eigenvalue weighted by Gasteiger charge is 2.34. The zero-order valence-electron chi connectivity index (χ0n) is 18.5. The molecule has 0 radical (unpaired) electrons. The number of carbonyl (C=O) groups excluding carboxylic acids is 1. The quantitative estimate of drug-likeness (QED) is 0.476. The molecule has 0 atom stereocenters. The van der Waals surface area contributed by atoms with Gasteiger partial charge in [0.1, 0.15) is 21.6 Å². The Kier molecular flexibility index (Phi) is 6.86. The summed E-state index contributed by atoms with van der Waals surface area (Å²) in [5.74, 6) is -1.19. The number of phenolic OH excluding ortho intramolecular Hbond substituents is 1. The lowest BCUT2D eigenvalue weighted by molar-refractivity contribution is -0.137. The van der Waals surface area contributed by atoms with Gasteiger partial charge in [-0.2, -0.15) is 17.5 Å². The molecule has 8 nitrogen and oxygen atoms in total. The number of amides is 1. The number of carbonyl (C=O) groups is 1. The Labute approximate surface area is 209 Å². The molecule has 1 aliphatic heterocycles. The maximum atomic E-state index is 13.2. The standard InChI is InChI=1S/C23H20ClF3N4O4S/c24-20-12-15(23(25,26)27)13-21(29-20)30-7-9-31(10-8-30)36(34,35)19-6-5-14(11-18(19)32)16-3-1-2-4-17(16)22(28)33/h1-6,11-13,32H,7-10H2,(H2,28,33). The van der Waals surface area contributed by atoms with Crippen molar-refractivity contribution in [2.45, 2.75) is 11.1 Å². The van der Waals surface area contributed by atoms with E-state index < -0.39 is 33.4 Å². The maximum Gasteiger partial charge on any atom is 0.416 e. The first kappa shape index (κ1) is 25.7. The Bertz CT molecular complexity index is 1430. The molecule has 3 N–H and O–H groups in total. The highest BCUT2D eigenvalue weighted by atomic mass is 35.5. The predicted octanol–water partition coefficient (Wildman–Crippen LogP) is 3.74. The number of hydrogen-bond acceptors (Lipinski definition) is 6. The van der Waals surface area contributed by atoms with Crippen LogP contribution in [0.5, 0.6) is 5.75 Å². The van der Waals surface area contributed by atoms with Crippen molar-refractivity contribution in [1.29, 1.82) is 0 Å². The summed E-state index contributed by atoms with van der Waals surface area (Å²) in [7, 11) is -4.12. The van der Waals surface area contributed by atoms with E-state index in [0.717, 1.165) is 16.4 Å². The number of aromatic hydroxyl groups is 1. The first-order valence-electron chi connectivity index (χ1n) is 10.6. The number of piperazine rings is 1. The number of rotatable bonds is 5. The summed E-state index contributed by atoms with van der Waals surface area (Å²) in [5.41, 5.74) is 5.50. The van der Waals surface area contributed by atoms with Crippen molar-refractivity contribution in [3.05, 3.63) is 70.9 Å². The number of anilines is 1. The molecule has 36 heavy (non-hydrogen) atoms. The van der Waals surface area contributed by atoms with E-state index in [1.807, 2.05) is 0 Å². The fourth-order valence-corrected chi connectivity index (χ4v) is 5.65. The molecular weight excluding hydrogens is 521 g/mol. The van der Waals surface area contributed by atoms with Crippen molar-refractivity contribution in [2.24, 2.45) is 5.73 Å². The molecule has 0 bridgehead atoms. The number of hydrogen-bond donors (Lipinski definition) is 2.